The van der Waals surface area contributed by atoms with E-state index >= 15 is 0 Å². The summed E-state index contributed by atoms with van der Waals surface area (Å²) in [6, 6.07) is 0. The van der Waals surface area contributed by atoms with Crippen LogP contribution in [0, 0.1) is 6.42 Å². The van der Waals surface area contributed by atoms with Crippen molar-refractivity contribution in [2.45, 2.75) is 0 Å². The molecule has 1 heteroatoms. The largest absolute Gasteiger partial charge is 0.290 e. The van der Waals surface area contributed by atoms with E-state index in [0.717, 1.165) is 5.57 Å². The molecular weight excluding hydrogens is 88.1 g/mol. The molecule has 35 valence electrons. The highest BCUT2D eigenvalue weighted by atomic mass is 16.1. The van der Waals surface area contributed by atoms with E-state index < -0.39 is 0 Å². The lowest BCUT2D eigenvalue weighted by Crippen LogP contribution is -1.84. The first-order valence-corrected chi connectivity index (χ1v) is 2.06. The van der Waals surface area contributed by atoms with Crippen LogP contribution < -0.4 is 0 Å². The maximum absolute atomic E-state index is 10.4. The third-order valence-corrected chi connectivity index (χ3v) is 0.803. The van der Waals surface area contributed by atoms with Gasteiger partial charge < -0.3 is 0 Å². The molecule has 1 nitrogen and oxygen atoms in total. The Kier molecular flexibility index (Phi) is 0.823. The third-order valence-electron chi connectivity index (χ3n) is 0.803. The topological polar surface area (TPSA) is 17.1 Å². The van der Waals surface area contributed by atoms with Gasteiger partial charge in [0, 0.05) is 12.0 Å². The maximum atomic E-state index is 10.4. The fourth-order valence-electron chi connectivity index (χ4n) is 0.324. The Labute approximate surface area is 42.3 Å². The molecule has 0 aromatic carbocycles. The molecule has 0 heterocycles. The maximum Gasteiger partial charge on any atom is 0.181 e. The van der Waals surface area contributed by atoms with E-state index in [1.54, 1.807) is 12.5 Å². The second-order valence-corrected chi connectivity index (χ2v) is 1.36. The van der Waals surface area contributed by atoms with Gasteiger partial charge >= 0.3 is 0 Å². The summed E-state index contributed by atoms with van der Waals surface area (Å²) in [5.74, 6) is 0.0278. The first kappa shape index (κ1) is 4.31. The molecule has 0 fully saturated rings. The van der Waals surface area contributed by atoms with E-state index in [2.05, 4.69) is 6.58 Å². The first-order chi connectivity index (χ1) is 3.34. The van der Waals surface area contributed by atoms with Crippen LogP contribution in [-0.2, 0) is 4.79 Å². The number of hydrogen-bond donors (Lipinski definition) is 0. The molecule has 0 saturated heterocycles. The summed E-state index contributed by atoms with van der Waals surface area (Å²) in [5.41, 5.74) is 0.787. The monoisotopic (exact) mass is 93.0 g/mol. The summed E-state index contributed by atoms with van der Waals surface area (Å²) < 4.78 is 0. The zero-order valence-electron chi connectivity index (χ0n) is 3.85. The minimum absolute atomic E-state index is 0.0278. The van der Waals surface area contributed by atoms with Crippen molar-refractivity contribution < 1.29 is 4.79 Å². The van der Waals surface area contributed by atoms with E-state index in [1.807, 2.05) is 0 Å². The van der Waals surface area contributed by atoms with Crippen LogP contribution in [0.15, 0.2) is 24.3 Å². The quantitative estimate of drug-likeness (QED) is 0.463. The Morgan fingerprint density at radius 2 is 2.43 bits per heavy atom. The Bertz CT molecular complexity index is 142. The molecular formula is C6H5O. The summed E-state index contributed by atoms with van der Waals surface area (Å²) >= 11 is 0. The predicted molar refractivity (Wildman–Crippen MR) is 27.6 cm³/mol. The average Bonchev–Trinajstić information content (AvgIpc) is 2.44. The van der Waals surface area contributed by atoms with Gasteiger partial charge in [0.1, 0.15) is 0 Å². The van der Waals surface area contributed by atoms with Crippen LogP contribution in [-0.4, -0.2) is 5.78 Å². The zero-order valence-corrected chi connectivity index (χ0v) is 3.85. The van der Waals surface area contributed by atoms with Gasteiger partial charge in [-0.3, -0.25) is 4.79 Å². The van der Waals surface area contributed by atoms with Gasteiger partial charge in [0.2, 0.25) is 0 Å². The van der Waals surface area contributed by atoms with E-state index in [-0.39, 0.29) is 5.78 Å². The molecule has 0 amide bonds. The lowest BCUT2D eigenvalue weighted by atomic mass is 10.3. The molecule has 1 rings (SSSR count). The highest BCUT2D eigenvalue weighted by molar-refractivity contribution is 6.09. The van der Waals surface area contributed by atoms with Gasteiger partial charge in [-0.15, -0.1) is 0 Å². The van der Waals surface area contributed by atoms with Gasteiger partial charge in [-0.25, -0.2) is 0 Å². The molecule has 0 aliphatic heterocycles. The van der Waals surface area contributed by atoms with Crippen LogP contribution in [0.25, 0.3) is 0 Å². The molecule has 0 spiro atoms. The van der Waals surface area contributed by atoms with Crippen molar-refractivity contribution in [1.82, 2.24) is 0 Å². The smallest absolute Gasteiger partial charge is 0.181 e. The van der Waals surface area contributed by atoms with Crippen molar-refractivity contribution in [3.63, 3.8) is 0 Å². The van der Waals surface area contributed by atoms with E-state index in [0.29, 0.717) is 0 Å². The zero-order chi connectivity index (χ0) is 5.28. The molecule has 1 radical (unpaired) electrons. The molecule has 0 saturated carbocycles. The van der Waals surface area contributed by atoms with Crippen LogP contribution in [0.3, 0.4) is 0 Å². The summed E-state index contributed by atoms with van der Waals surface area (Å²) in [4.78, 5) is 10.4. The fraction of sp³-hybridized carbons (Fsp3) is 0. The van der Waals surface area contributed by atoms with Crippen LogP contribution in [0.2, 0.25) is 0 Å². The average molecular weight is 93.1 g/mol. The van der Waals surface area contributed by atoms with Crippen LogP contribution >= 0.6 is 0 Å². The normalized spacial score (nSPS) is 15.1. The number of allylic oxidation sites excluding steroid dienone is 3. The summed E-state index contributed by atoms with van der Waals surface area (Å²) in [6.07, 6.45) is 4.85. The number of carbonyl (C=O) groups is 1. The van der Waals surface area contributed by atoms with E-state index in [1.165, 1.54) is 6.08 Å². The molecule has 0 aromatic heterocycles. The number of carbonyl (C=O) groups excluding carboxylic acids is 1. The van der Waals surface area contributed by atoms with Crippen molar-refractivity contribution >= 4 is 5.78 Å². The highest BCUT2D eigenvalue weighted by Crippen LogP contribution is 2.16. The standard InChI is InChI=1S/C6H5O/c1-2-6(7)5-3-4-5/h2-4H,1H2. The molecule has 0 atom stereocenters. The van der Waals surface area contributed by atoms with Gasteiger partial charge in [-0.1, -0.05) is 12.7 Å². The molecule has 7 heavy (non-hydrogen) atoms. The van der Waals surface area contributed by atoms with E-state index in [9.17, 15) is 4.79 Å². The van der Waals surface area contributed by atoms with Gasteiger partial charge in [-0.2, -0.15) is 0 Å². The molecule has 0 unspecified atom stereocenters. The van der Waals surface area contributed by atoms with Gasteiger partial charge in [0.25, 0.3) is 0 Å². The van der Waals surface area contributed by atoms with Crippen LogP contribution in [0.1, 0.15) is 0 Å². The second kappa shape index (κ2) is 1.34. The molecule has 0 aromatic rings. The summed E-state index contributed by atoms with van der Waals surface area (Å²) in [5, 5.41) is 0. The van der Waals surface area contributed by atoms with E-state index in [4.69, 9.17) is 0 Å². The third kappa shape index (κ3) is 0.769. The van der Waals surface area contributed by atoms with Crippen molar-refractivity contribution in [3.8, 4) is 0 Å². The van der Waals surface area contributed by atoms with Gasteiger partial charge in [-0.05, 0) is 6.08 Å². The number of rotatable bonds is 2. The summed E-state index contributed by atoms with van der Waals surface area (Å²) in [7, 11) is 0. The van der Waals surface area contributed by atoms with Crippen LogP contribution in [0.4, 0.5) is 0 Å². The number of ketones is 1. The lowest BCUT2D eigenvalue weighted by Gasteiger charge is -1.74. The lowest BCUT2D eigenvalue weighted by molar-refractivity contribution is -0.110. The van der Waals surface area contributed by atoms with Crippen molar-refractivity contribution in [2.24, 2.45) is 0 Å². The van der Waals surface area contributed by atoms with Crippen LogP contribution in [0.5, 0.6) is 0 Å². The van der Waals surface area contributed by atoms with Gasteiger partial charge in [0.15, 0.2) is 5.78 Å². The Balaban J connectivity index is 2.54. The molecule has 0 bridgehead atoms. The predicted octanol–water partition coefficient (Wildman–Crippen LogP) is 0.886. The van der Waals surface area contributed by atoms with Crippen molar-refractivity contribution in [2.75, 3.05) is 0 Å². The molecule has 1 aliphatic rings. The highest BCUT2D eigenvalue weighted by Gasteiger charge is 2.12. The summed E-state index contributed by atoms with van der Waals surface area (Å²) in [6.45, 7) is 3.31. The fourth-order valence-corrected chi connectivity index (χ4v) is 0.324. The Hall–Kier alpha value is -0.850. The molecule has 1 aliphatic carbocycles. The molecule has 0 N–H and O–H groups in total. The SMILES string of the molecule is C=CC(=O)C1=C[CH]1. The van der Waals surface area contributed by atoms with Crippen molar-refractivity contribution in [3.05, 3.63) is 30.7 Å². The Morgan fingerprint density at radius 1 is 1.86 bits per heavy atom. The number of hydrogen-bond acceptors (Lipinski definition) is 1. The second-order valence-electron chi connectivity index (χ2n) is 1.36. The minimum Gasteiger partial charge on any atom is -0.290 e. The Morgan fingerprint density at radius 3 is 2.57 bits per heavy atom. The minimum atomic E-state index is 0.0278. The first-order valence-electron chi connectivity index (χ1n) is 2.06. The van der Waals surface area contributed by atoms with Crippen molar-refractivity contribution in [1.29, 1.82) is 0 Å². The van der Waals surface area contributed by atoms with Gasteiger partial charge in [0.05, 0.1) is 0 Å².